The van der Waals surface area contributed by atoms with Crippen molar-refractivity contribution in [2.45, 2.75) is 31.7 Å². The Labute approximate surface area is 175 Å². The van der Waals surface area contributed by atoms with Crippen LogP contribution < -0.4 is 10.0 Å². The Bertz CT molecular complexity index is 1020. The second-order valence-corrected chi connectivity index (χ2v) is 8.63. The van der Waals surface area contributed by atoms with Crippen molar-refractivity contribution in [1.82, 2.24) is 4.72 Å². The van der Waals surface area contributed by atoms with Crippen molar-refractivity contribution in [2.24, 2.45) is 5.92 Å². The van der Waals surface area contributed by atoms with E-state index in [0.29, 0.717) is 11.3 Å². The Hall–Kier alpha value is -3.04. The predicted molar refractivity (Wildman–Crippen MR) is 111 cm³/mol. The second kappa shape index (κ2) is 10.1. The Morgan fingerprint density at radius 3 is 2.17 bits per heavy atom. The van der Waals surface area contributed by atoms with Gasteiger partial charge in [0.2, 0.25) is 10.0 Å². The topological polar surface area (TPSA) is 119 Å². The molecule has 0 aromatic heterocycles. The van der Waals surface area contributed by atoms with Gasteiger partial charge in [-0.2, -0.15) is 4.72 Å². The molecule has 0 heterocycles. The summed E-state index contributed by atoms with van der Waals surface area (Å²) in [6.07, 6.45) is 0. The second-order valence-electron chi connectivity index (χ2n) is 6.91. The number of carbonyl (C=O) groups excluding carboxylic acids is 3. The van der Waals surface area contributed by atoms with E-state index in [1.165, 1.54) is 19.1 Å². The molecule has 0 spiro atoms. The van der Waals surface area contributed by atoms with Crippen LogP contribution >= 0.6 is 0 Å². The SMILES string of the molecule is CC(=O)c1ccccc1NC(=O)COC(=O)[C@H](NS(=O)(=O)c1ccccc1)C(C)C. The van der Waals surface area contributed by atoms with Gasteiger partial charge in [0.15, 0.2) is 12.4 Å². The Balaban J connectivity index is 2.02. The number of esters is 1. The quantitative estimate of drug-likeness (QED) is 0.464. The van der Waals surface area contributed by atoms with Crippen LogP contribution in [0.25, 0.3) is 0 Å². The summed E-state index contributed by atoms with van der Waals surface area (Å²) >= 11 is 0. The first-order valence-corrected chi connectivity index (χ1v) is 10.7. The fourth-order valence-electron chi connectivity index (χ4n) is 2.60. The molecule has 1 atom stereocenters. The molecular weight excluding hydrogens is 408 g/mol. The maximum atomic E-state index is 12.5. The number of sulfonamides is 1. The molecule has 2 aromatic carbocycles. The lowest BCUT2D eigenvalue weighted by Gasteiger charge is -2.20. The highest BCUT2D eigenvalue weighted by Gasteiger charge is 2.30. The molecule has 0 aliphatic heterocycles. The number of Topliss-reactive ketones (excluding diaryl/α,β-unsaturated/α-hetero) is 1. The molecule has 0 aliphatic rings. The molecule has 0 radical (unpaired) electrons. The van der Waals surface area contributed by atoms with Crippen molar-refractivity contribution in [1.29, 1.82) is 0 Å². The zero-order chi connectivity index (χ0) is 22.3. The van der Waals surface area contributed by atoms with Gasteiger partial charge in [-0.15, -0.1) is 0 Å². The Kier molecular flexibility index (Phi) is 7.85. The van der Waals surface area contributed by atoms with E-state index in [2.05, 4.69) is 10.0 Å². The molecule has 0 fully saturated rings. The van der Waals surface area contributed by atoms with E-state index in [0.717, 1.165) is 0 Å². The molecule has 0 aliphatic carbocycles. The molecule has 160 valence electrons. The van der Waals surface area contributed by atoms with Crippen LogP contribution in [0.2, 0.25) is 0 Å². The number of ether oxygens (including phenoxy) is 1. The largest absolute Gasteiger partial charge is 0.454 e. The van der Waals surface area contributed by atoms with Crippen LogP contribution in [0.5, 0.6) is 0 Å². The van der Waals surface area contributed by atoms with Crippen LogP contribution in [0.3, 0.4) is 0 Å². The first-order valence-electron chi connectivity index (χ1n) is 9.25. The van der Waals surface area contributed by atoms with Crippen molar-refractivity contribution in [2.75, 3.05) is 11.9 Å². The fraction of sp³-hybridized carbons (Fsp3) is 0.286. The monoisotopic (exact) mass is 432 g/mol. The van der Waals surface area contributed by atoms with Crippen LogP contribution in [0, 0.1) is 5.92 Å². The van der Waals surface area contributed by atoms with Crippen LogP contribution in [-0.2, 0) is 24.3 Å². The summed E-state index contributed by atoms with van der Waals surface area (Å²) in [5.74, 6) is -2.17. The van der Waals surface area contributed by atoms with Crippen molar-refractivity contribution in [3.8, 4) is 0 Å². The fourth-order valence-corrected chi connectivity index (χ4v) is 3.96. The summed E-state index contributed by atoms with van der Waals surface area (Å²) in [7, 11) is -3.94. The summed E-state index contributed by atoms with van der Waals surface area (Å²) in [6, 6.07) is 12.9. The summed E-state index contributed by atoms with van der Waals surface area (Å²) in [5, 5.41) is 2.51. The van der Waals surface area contributed by atoms with Gasteiger partial charge in [0.05, 0.1) is 10.6 Å². The summed E-state index contributed by atoms with van der Waals surface area (Å²) in [6.45, 7) is 4.06. The minimum atomic E-state index is -3.94. The van der Waals surface area contributed by atoms with Crippen molar-refractivity contribution < 1.29 is 27.5 Å². The number of anilines is 1. The number of ketones is 1. The maximum absolute atomic E-state index is 12.5. The van der Waals surface area contributed by atoms with Gasteiger partial charge in [0.25, 0.3) is 5.91 Å². The number of para-hydroxylation sites is 1. The Morgan fingerprint density at radius 2 is 1.57 bits per heavy atom. The summed E-state index contributed by atoms with van der Waals surface area (Å²) < 4.78 is 32.4. The molecule has 0 unspecified atom stereocenters. The maximum Gasteiger partial charge on any atom is 0.324 e. The van der Waals surface area contributed by atoms with E-state index >= 15 is 0 Å². The normalized spacial score (nSPS) is 12.3. The first-order chi connectivity index (χ1) is 14.1. The number of hydrogen-bond acceptors (Lipinski definition) is 6. The Morgan fingerprint density at radius 1 is 0.967 bits per heavy atom. The van der Waals surface area contributed by atoms with E-state index in [9.17, 15) is 22.8 Å². The van der Waals surface area contributed by atoms with Crippen LogP contribution in [0.1, 0.15) is 31.1 Å². The average Bonchev–Trinajstić information content (AvgIpc) is 2.71. The molecule has 8 nitrogen and oxygen atoms in total. The minimum absolute atomic E-state index is 0.0158. The van der Waals surface area contributed by atoms with Gasteiger partial charge in [-0.3, -0.25) is 14.4 Å². The van der Waals surface area contributed by atoms with Crippen molar-refractivity contribution in [3.05, 3.63) is 60.2 Å². The standard InChI is InChI=1S/C21H24N2O6S/c1-14(2)20(23-30(27,28)16-9-5-4-6-10-16)21(26)29-13-19(25)22-18-12-8-7-11-17(18)15(3)24/h4-12,14,20,23H,13H2,1-3H3,(H,22,25)/t20-/m1/s1. The number of carbonyl (C=O) groups is 3. The van der Waals surface area contributed by atoms with Crippen LogP contribution in [-0.4, -0.2) is 38.7 Å². The van der Waals surface area contributed by atoms with Gasteiger partial charge in [0.1, 0.15) is 6.04 Å². The number of amides is 1. The highest BCUT2D eigenvalue weighted by molar-refractivity contribution is 7.89. The molecule has 0 bridgehead atoms. The number of benzene rings is 2. The van der Waals surface area contributed by atoms with Gasteiger partial charge < -0.3 is 10.1 Å². The first kappa shape index (κ1) is 23.2. The third kappa shape index (κ3) is 6.23. The van der Waals surface area contributed by atoms with Gasteiger partial charge in [0, 0.05) is 5.56 Å². The number of nitrogens with one attached hydrogen (secondary N) is 2. The van der Waals surface area contributed by atoms with E-state index in [4.69, 9.17) is 4.74 Å². The summed E-state index contributed by atoms with van der Waals surface area (Å²) in [4.78, 5) is 36.2. The minimum Gasteiger partial charge on any atom is -0.454 e. The van der Waals surface area contributed by atoms with E-state index < -0.39 is 40.5 Å². The zero-order valence-corrected chi connectivity index (χ0v) is 17.7. The number of rotatable bonds is 9. The number of hydrogen-bond donors (Lipinski definition) is 2. The van der Waals surface area contributed by atoms with Crippen LogP contribution in [0.15, 0.2) is 59.5 Å². The molecule has 2 rings (SSSR count). The average molecular weight is 432 g/mol. The van der Waals surface area contributed by atoms with Gasteiger partial charge in [-0.25, -0.2) is 8.42 Å². The van der Waals surface area contributed by atoms with E-state index in [1.54, 1.807) is 56.3 Å². The molecule has 9 heteroatoms. The lowest BCUT2D eigenvalue weighted by atomic mass is 10.1. The van der Waals surface area contributed by atoms with Crippen LogP contribution in [0.4, 0.5) is 5.69 Å². The predicted octanol–water partition coefficient (Wildman–Crippen LogP) is 2.37. The third-order valence-corrected chi connectivity index (χ3v) is 5.64. The third-order valence-electron chi connectivity index (χ3n) is 4.18. The van der Waals surface area contributed by atoms with Gasteiger partial charge in [-0.05, 0) is 37.1 Å². The molecular formula is C21H24N2O6S. The lowest BCUT2D eigenvalue weighted by molar-refractivity contribution is -0.150. The molecule has 2 aromatic rings. The van der Waals surface area contributed by atoms with Gasteiger partial charge in [-0.1, -0.05) is 44.2 Å². The van der Waals surface area contributed by atoms with Crippen molar-refractivity contribution in [3.63, 3.8) is 0 Å². The molecule has 1 amide bonds. The molecule has 30 heavy (non-hydrogen) atoms. The molecule has 0 saturated carbocycles. The lowest BCUT2D eigenvalue weighted by Crippen LogP contribution is -2.45. The summed E-state index contributed by atoms with van der Waals surface area (Å²) in [5.41, 5.74) is 0.629. The van der Waals surface area contributed by atoms with Crippen molar-refractivity contribution >= 4 is 33.4 Å². The highest BCUT2D eigenvalue weighted by atomic mass is 32.2. The molecule has 2 N–H and O–H groups in total. The smallest absolute Gasteiger partial charge is 0.324 e. The van der Waals surface area contributed by atoms with E-state index in [-0.39, 0.29) is 10.7 Å². The molecule has 0 saturated heterocycles. The van der Waals surface area contributed by atoms with Gasteiger partial charge >= 0.3 is 5.97 Å². The zero-order valence-electron chi connectivity index (χ0n) is 16.9. The highest BCUT2D eigenvalue weighted by Crippen LogP contribution is 2.16. The van der Waals surface area contributed by atoms with E-state index in [1.807, 2.05) is 0 Å².